The molecule has 2 aromatic carbocycles. The van der Waals surface area contributed by atoms with Crippen molar-refractivity contribution in [3.05, 3.63) is 59.7 Å². The molecular formula is C20H22O2. The van der Waals surface area contributed by atoms with E-state index in [9.17, 15) is 10.2 Å². The SMILES string of the molecule is Oc1ccc(C2CC3CCC(c4ccc(O)cc4)(C3)C2)cc1. The van der Waals surface area contributed by atoms with Crippen LogP contribution < -0.4 is 0 Å². The minimum atomic E-state index is 0.277. The lowest BCUT2D eigenvalue weighted by Crippen LogP contribution is -2.29. The number of phenolic OH excluding ortho intramolecular Hbond substituents is 2. The second kappa shape index (κ2) is 5.05. The number of fused-ring (bicyclic) bond motifs is 2. The van der Waals surface area contributed by atoms with E-state index in [1.54, 1.807) is 12.1 Å². The monoisotopic (exact) mass is 294 g/mol. The van der Waals surface area contributed by atoms with Crippen LogP contribution in [-0.2, 0) is 5.41 Å². The van der Waals surface area contributed by atoms with Gasteiger partial charge in [-0.05, 0) is 84.7 Å². The number of aromatic hydroxyl groups is 2. The van der Waals surface area contributed by atoms with Crippen molar-refractivity contribution in [2.24, 2.45) is 5.92 Å². The molecule has 0 spiro atoms. The molecular weight excluding hydrogens is 272 g/mol. The number of hydrogen-bond acceptors (Lipinski definition) is 2. The van der Waals surface area contributed by atoms with Crippen LogP contribution in [0.15, 0.2) is 48.5 Å². The minimum Gasteiger partial charge on any atom is -0.508 e. The van der Waals surface area contributed by atoms with E-state index in [4.69, 9.17) is 0 Å². The van der Waals surface area contributed by atoms with Crippen molar-refractivity contribution in [2.45, 2.75) is 43.4 Å². The molecule has 2 aliphatic rings. The molecule has 0 aliphatic heterocycles. The first-order valence-corrected chi connectivity index (χ1v) is 8.23. The third kappa shape index (κ3) is 2.27. The van der Waals surface area contributed by atoms with E-state index in [0.29, 0.717) is 17.4 Å². The molecule has 22 heavy (non-hydrogen) atoms. The first-order chi connectivity index (χ1) is 10.6. The van der Waals surface area contributed by atoms with Gasteiger partial charge in [0.05, 0.1) is 0 Å². The van der Waals surface area contributed by atoms with Gasteiger partial charge < -0.3 is 10.2 Å². The second-order valence-electron chi connectivity index (χ2n) is 7.16. The summed E-state index contributed by atoms with van der Waals surface area (Å²) in [6, 6.07) is 15.6. The number of phenols is 2. The molecule has 3 atom stereocenters. The van der Waals surface area contributed by atoms with Crippen LogP contribution >= 0.6 is 0 Å². The van der Waals surface area contributed by atoms with Crippen LogP contribution in [0.3, 0.4) is 0 Å². The Bertz CT molecular complexity index is 659. The molecule has 0 saturated heterocycles. The third-order valence-electron chi connectivity index (χ3n) is 5.81. The first kappa shape index (κ1) is 13.7. The van der Waals surface area contributed by atoms with E-state index >= 15 is 0 Å². The summed E-state index contributed by atoms with van der Waals surface area (Å²) in [5, 5.41) is 19.1. The van der Waals surface area contributed by atoms with Crippen LogP contribution in [-0.4, -0.2) is 10.2 Å². The standard InChI is InChI=1S/C20H22O2/c21-18-5-1-15(2-6-18)16-11-14-9-10-20(12-14,13-16)17-3-7-19(22)8-4-17/h1-8,14,16,21-22H,9-13H2. The maximum absolute atomic E-state index is 9.55. The van der Waals surface area contributed by atoms with Gasteiger partial charge in [0.15, 0.2) is 0 Å². The van der Waals surface area contributed by atoms with E-state index < -0.39 is 0 Å². The highest BCUT2D eigenvalue weighted by atomic mass is 16.3. The summed E-state index contributed by atoms with van der Waals surface area (Å²) in [6.45, 7) is 0. The van der Waals surface area contributed by atoms with Gasteiger partial charge in [-0.3, -0.25) is 0 Å². The van der Waals surface area contributed by atoms with E-state index in [-0.39, 0.29) is 5.41 Å². The van der Waals surface area contributed by atoms with Crippen molar-refractivity contribution in [1.82, 2.24) is 0 Å². The highest BCUT2D eigenvalue weighted by Gasteiger charge is 2.46. The van der Waals surface area contributed by atoms with Gasteiger partial charge in [-0.25, -0.2) is 0 Å². The summed E-state index contributed by atoms with van der Waals surface area (Å²) < 4.78 is 0. The Balaban J connectivity index is 1.66. The van der Waals surface area contributed by atoms with Gasteiger partial charge >= 0.3 is 0 Å². The van der Waals surface area contributed by atoms with Crippen LogP contribution in [0.25, 0.3) is 0 Å². The van der Waals surface area contributed by atoms with Crippen molar-refractivity contribution >= 4 is 0 Å². The highest BCUT2D eigenvalue weighted by Crippen LogP contribution is 2.57. The molecule has 3 unspecified atom stereocenters. The van der Waals surface area contributed by atoms with Gasteiger partial charge in [-0.2, -0.15) is 0 Å². The van der Waals surface area contributed by atoms with Crippen molar-refractivity contribution < 1.29 is 10.2 Å². The molecule has 2 aromatic rings. The lowest BCUT2D eigenvalue weighted by atomic mass is 9.65. The van der Waals surface area contributed by atoms with Gasteiger partial charge in [0.1, 0.15) is 11.5 Å². The van der Waals surface area contributed by atoms with Crippen LogP contribution in [0.2, 0.25) is 0 Å². The van der Waals surface area contributed by atoms with Crippen molar-refractivity contribution in [3.63, 3.8) is 0 Å². The smallest absolute Gasteiger partial charge is 0.115 e. The normalized spacial score (nSPS) is 30.4. The molecule has 2 saturated carbocycles. The largest absolute Gasteiger partial charge is 0.508 e. The zero-order valence-electron chi connectivity index (χ0n) is 12.7. The van der Waals surface area contributed by atoms with E-state index in [1.807, 2.05) is 12.1 Å². The molecule has 0 heterocycles. The Morgan fingerprint density at radius 1 is 0.818 bits per heavy atom. The second-order valence-corrected chi connectivity index (χ2v) is 7.16. The fourth-order valence-corrected chi connectivity index (χ4v) is 4.78. The summed E-state index contributed by atoms with van der Waals surface area (Å²) in [5.41, 5.74) is 3.02. The molecule has 2 aliphatic carbocycles. The number of hydrogen-bond donors (Lipinski definition) is 2. The predicted octanol–water partition coefficient (Wildman–Crippen LogP) is 4.71. The maximum Gasteiger partial charge on any atom is 0.115 e. The Kier molecular flexibility index (Phi) is 3.14. The van der Waals surface area contributed by atoms with Gasteiger partial charge in [-0.1, -0.05) is 24.3 Å². The Labute approximate surface area is 131 Å². The third-order valence-corrected chi connectivity index (χ3v) is 5.81. The van der Waals surface area contributed by atoms with E-state index in [1.165, 1.54) is 43.2 Å². The molecule has 0 aromatic heterocycles. The molecule has 2 heteroatoms. The Morgan fingerprint density at radius 3 is 2.14 bits per heavy atom. The molecule has 114 valence electrons. The van der Waals surface area contributed by atoms with E-state index in [2.05, 4.69) is 24.3 Å². The molecule has 4 rings (SSSR count). The van der Waals surface area contributed by atoms with Crippen molar-refractivity contribution in [3.8, 4) is 11.5 Å². The first-order valence-electron chi connectivity index (χ1n) is 8.23. The molecule has 2 N–H and O–H groups in total. The van der Waals surface area contributed by atoms with Gasteiger partial charge in [-0.15, -0.1) is 0 Å². The number of benzene rings is 2. The maximum atomic E-state index is 9.55. The fourth-order valence-electron chi connectivity index (χ4n) is 4.78. The summed E-state index contributed by atoms with van der Waals surface area (Å²) in [7, 11) is 0. The van der Waals surface area contributed by atoms with E-state index in [0.717, 1.165) is 5.92 Å². The quantitative estimate of drug-likeness (QED) is 0.842. The topological polar surface area (TPSA) is 40.5 Å². The molecule has 0 radical (unpaired) electrons. The molecule has 2 fully saturated rings. The molecule has 0 amide bonds. The Hall–Kier alpha value is -1.96. The minimum absolute atomic E-state index is 0.277. The van der Waals surface area contributed by atoms with Crippen LogP contribution in [0.5, 0.6) is 11.5 Å². The van der Waals surface area contributed by atoms with Crippen LogP contribution in [0.4, 0.5) is 0 Å². The summed E-state index contributed by atoms with van der Waals surface area (Å²) in [5.74, 6) is 2.08. The highest BCUT2D eigenvalue weighted by molar-refractivity contribution is 5.36. The van der Waals surface area contributed by atoms with Gasteiger partial charge in [0.25, 0.3) is 0 Å². The van der Waals surface area contributed by atoms with Gasteiger partial charge in [0, 0.05) is 0 Å². The lowest BCUT2D eigenvalue weighted by Gasteiger charge is -2.39. The van der Waals surface area contributed by atoms with Crippen LogP contribution in [0.1, 0.15) is 49.1 Å². The molecule has 2 nitrogen and oxygen atoms in total. The van der Waals surface area contributed by atoms with Crippen molar-refractivity contribution in [1.29, 1.82) is 0 Å². The van der Waals surface area contributed by atoms with Gasteiger partial charge in [0.2, 0.25) is 0 Å². The van der Waals surface area contributed by atoms with Crippen LogP contribution in [0, 0.1) is 5.92 Å². The fraction of sp³-hybridized carbons (Fsp3) is 0.400. The summed E-state index contributed by atoms with van der Waals surface area (Å²) >= 11 is 0. The predicted molar refractivity (Wildman–Crippen MR) is 87.2 cm³/mol. The summed E-state index contributed by atoms with van der Waals surface area (Å²) in [6.07, 6.45) is 6.31. The average molecular weight is 294 g/mol. The molecule has 2 bridgehead atoms. The van der Waals surface area contributed by atoms with Crippen molar-refractivity contribution in [2.75, 3.05) is 0 Å². The number of rotatable bonds is 2. The summed E-state index contributed by atoms with van der Waals surface area (Å²) in [4.78, 5) is 0. The lowest BCUT2D eigenvalue weighted by molar-refractivity contribution is 0.273. The zero-order chi connectivity index (χ0) is 15.2. The zero-order valence-corrected chi connectivity index (χ0v) is 12.7. The Morgan fingerprint density at radius 2 is 1.45 bits per heavy atom. The average Bonchev–Trinajstić information content (AvgIpc) is 2.84.